The smallest absolute Gasteiger partial charge is 0.223 e. The molecule has 0 aromatic heterocycles. The van der Waals surface area contributed by atoms with E-state index in [0.717, 1.165) is 31.5 Å². The topological polar surface area (TPSA) is 56.1 Å². The van der Waals surface area contributed by atoms with E-state index in [1.807, 2.05) is 23.1 Å². The quantitative estimate of drug-likeness (QED) is 0.816. The molecular formula is C15H19N3O. The van der Waals surface area contributed by atoms with Crippen LogP contribution in [0.5, 0.6) is 0 Å². The monoisotopic (exact) mass is 257 g/mol. The zero-order chi connectivity index (χ0) is 13.5. The summed E-state index contributed by atoms with van der Waals surface area (Å²) in [7, 11) is 0. The summed E-state index contributed by atoms with van der Waals surface area (Å²) in [5.74, 6) is 0.246. The van der Waals surface area contributed by atoms with Crippen LogP contribution in [-0.4, -0.2) is 30.4 Å². The second-order valence-corrected chi connectivity index (χ2v) is 4.83. The molecule has 4 heteroatoms. The molecule has 1 N–H and O–H groups in total. The van der Waals surface area contributed by atoms with Gasteiger partial charge < -0.3 is 10.2 Å². The third kappa shape index (κ3) is 4.08. The van der Waals surface area contributed by atoms with Gasteiger partial charge in [-0.2, -0.15) is 5.26 Å². The number of hydrogen-bond acceptors (Lipinski definition) is 3. The van der Waals surface area contributed by atoms with Crippen LogP contribution in [0.15, 0.2) is 24.3 Å². The number of carbonyl (C=O) groups excluding carboxylic acids is 1. The summed E-state index contributed by atoms with van der Waals surface area (Å²) in [6.45, 7) is 3.22. The van der Waals surface area contributed by atoms with Crippen molar-refractivity contribution in [1.29, 1.82) is 5.26 Å². The lowest BCUT2D eigenvalue weighted by molar-refractivity contribution is -0.130. The number of nitrogens with one attached hydrogen (secondary N) is 1. The maximum Gasteiger partial charge on any atom is 0.223 e. The van der Waals surface area contributed by atoms with E-state index in [4.69, 9.17) is 5.26 Å². The first-order chi connectivity index (χ1) is 9.29. The first-order valence-corrected chi connectivity index (χ1v) is 6.77. The third-order valence-corrected chi connectivity index (χ3v) is 3.36. The van der Waals surface area contributed by atoms with Gasteiger partial charge in [0, 0.05) is 32.6 Å². The van der Waals surface area contributed by atoms with Gasteiger partial charge in [0.05, 0.1) is 11.6 Å². The van der Waals surface area contributed by atoms with Gasteiger partial charge >= 0.3 is 0 Å². The first kappa shape index (κ1) is 13.6. The molecule has 1 heterocycles. The fraction of sp³-hybridized carbons (Fsp3) is 0.467. The van der Waals surface area contributed by atoms with Crippen molar-refractivity contribution >= 4 is 5.91 Å². The number of amides is 1. The molecular weight excluding hydrogens is 238 g/mol. The summed E-state index contributed by atoms with van der Waals surface area (Å²) in [5, 5.41) is 12.1. The fourth-order valence-electron chi connectivity index (χ4n) is 2.30. The van der Waals surface area contributed by atoms with Gasteiger partial charge in [-0.25, -0.2) is 0 Å². The molecule has 1 aliphatic rings. The fourth-order valence-corrected chi connectivity index (χ4v) is 2.30. The van der Waals surface area contributed by atoms with Crippen LogP contribution in [0.3, 0.4) is 0 Å². The van der Waals surface area contributed by atoms with E-state index in [1.165, 1.54) is 0 Å². The van der Waals surface area contributed by atoms with Gasteiger partial charge in [-0.3, -0.25) is 4.79 Å². The Hall–Kier alpha value is -1.86. The molecule has 1 aromatic carbocycles. The third-order valence-electron chi connectivity index (χ3n) is 3.36. The van der Waals surface area contributed by atoms with Crippen LogP contribution in [0.4, 0.5) is 0 Å². The van der Waals surface area contributed by atoms with Crippen LogP contribution < -0.4 is 5.32 Å². The molecule has 0 aliphatic carbocycles. The molecule has 1 aromatic rings. The highest BCUT2D eigenvalue weighted by molar-refractivity contribution is 5.76. The second-order valence-electron chi connectivity index (χ2n) is 4.83. The number of carbonyl (C=O) groups is 1. The average Bonchev–Trinajstić information content (AvgIpc) is 2.98. The van der Waals surface area contributed by atoms with Crippen molar-refractivity contribution in [2.24, 2.45) is 0 Å². The lowest BCUT2D eigenvalue weighted by atomic mass is 10.1. The minimum Gasteiger partial charge on any atom is -0.343 e. The Morgan fingerprint density at radius 3 is 2.89 bits per heavy atom. The molecule has 0 unspecified atom stereocenters. The van der Waals surface area contributed by atoms with Gasteiger partial charge in [-0.05, 0) is 30.5 Å². The van der Waals surface area contributed by atoms with Crippen LogP contribution in [0.1, 0.15) is 30.4 Å². The average molecular weight is 257 g/mol. The number of likely N-dealkylation sites (tertiary alicyclic amines) is 1. The largest absolute Gasteiger partial charge is 0.343 e. The number of rotatable bonds is 5. The number of nitrogens with zero attached hydrogens (tertiary/aromatic N) is 2. The molecule has 0 atom stereocenters. The molecule has 0 bridgehead atoms. The van der Waals surface area contributed by atoms with Gasteiger partial charge in [0.2, 0.25) is 5.91 Å². The Morgan fingerprint density at radius 2 is 2.16 bits per heavy atom. The summed E-state index contributed by atoms with van der Waals surface area (Å²) >= 11 is 0. The van der Waals surface area contributed by atoms with Crippen molar-refractivity contribution in [1.82, 2.24) is 10.2 Å². The molecule has 19 heavy (non-hydrogen) atoms. The van der Waals surface area contributed by atoms with Crippen molar-refractivity contribution in [3.05, 3.63) is 35.4 Å². The number of nitriles is 1. The van der Waals surface area contributed by atoms with Gasteiger partial charge in [0.25, 0.3) is 0 Å². The van der Waals surface area contributed by atoms with Crippen molar-refractivity contribution in [2.45, 2.75) is 25.8 Å². The van der Waals surface area contributed by atoms with E-state index in [-0.39, 0.29) is 5.91 Å². The second kappa shape index (κ2) is 6.91. The molecule has 1 saturated heterocycles. The normalized spacial score (nSPS) is 14.4. The van der Waals surface area contributed by atoms with Crippen molar-refractivity contribution in [2.75, 3.05) is 19.6 Å². The summed E-state index contributed by atoms with van der Waals surface area (Å²) in [6.07, 6.45) is 2.83. The van der Waals surface area contributed by atoms with Crippen LogP contribution >= 0.6 is 0 Å². The maximum absolute atomic E-state index is 11.8. The van der Waals surface area contributed by atoms with Crippen LogP contribution in [0, 0.1) is 11.3 Å². The standard InChI is InChI=1S/C15H19N3O/c16-11-13-4-3-5-14(10-13)12-17-7-6-15(19)18-8-1-2-9-18/h3-5,10,17H,1-2,6-9,12H2. The molecule has 0 radical (unpaired) electrons. The Balaban J connectivity index is 1.68. The van der Waals surface area contributed by atoms with Gasteiger partial charge in [-0.15, -0.1) is 0 Å². The number of benzene rings is 1. The Morgan fingerprint density at radius 1 is 1.37 bits per heavy atom. The van der Waals surface area contributed by atoms with E-state index >= 15 is 0 Å². The predicted molar refractivity (Wildman–Crippen MR) is 73.3 cm³/mol. The minimum atomic E-state index is 0.246. The van der Waals surface area contributed by atoms with Gasteiger partial charge in [0.1, 0.15) is 0 Å². The van der Waals surface area contributed by atoms with E-state index in [9.17, 15) is 4.79 Å². The predicted octanol–water partition coefficient (Wildman–Crippen LogP) is 1.66. The highest BCUT2D eigenvalue weighted by Gasteiger charge is 2.16. The van der Waals surface area contributed by atoms with Crippen molar-refractivity contribution < 1.29 is 4.79 Å². The van der Waals surface area contributed by atoms with E-state index in [2.05, 4.69) is 11.4 Å². The molecule has 1 amide bonds. The maximum atomic E-state index is 11.8. The lowest BCUT2D eigenvalue weighted by Gasteiger charge is -2.15. The zero-order valence-electron chi connectivity index (χ0n) is 11.1. The molecule has 0 spiro atoms. The SMILES string of the molecule is N#Cc1cccc(CNCCC(=O)N2CCCC2)c1. The van der Waals surface area contributed by atoms with Crippen LogP contribution in [-0.2, 0) is 11.3 Å². The minimum absolute atomic E-state index is 0.246. The molecule has 4 nitrogen and oxygen atoms in total. The Labute approximate surface area is 114 Å². The summed E-state index contributed by atoms with van der Waals surface area (Å²) in [4.78, 5) is 13.7. The summed E-state index contributed by atoms with van der Waals surface area (Å²) < 4.78 is 0. The summed E-state index contributed by atoms with van der Waals surface area (Å²) in [6, 6.07) is 9.65. The summed E-state index contributed by atoms with van der Waals surface area (Å²) in [5.41, 5.74) is 1.75. The lowest BCUT2D eigenvalue weighted by Crippen LogP contribution is -2.30. The van der Waals surface area contributed by atoms with Crippen molar-refractivity contribution in [3.8, 4) is 6.07 Å². The molecule has 100 valence electrons. The Kier molecular flexibility index (Phi) is 4.93. The van der Waals surface area contributed by atoms with E-state index in [0.29, 0.717) is 25.1 Å². The van der Waals surface area contributed by atoms with Gasteiger partial charge in [-0.1, -0.05) is 12.1 Å². The number of hydrogen-bond donors (Lipinski definition) is 1. The van der Waals surface area contributed by atoms with E-state index < -0.39 is 0 Å². The van der Waals surface area contributed by atoms with Crippen molar-refractivity contribution in [3.63, 3.8) is 0 Å². The van der Waals surface area contributed by atoms with Crippen LogP contribution in [0.25, 0.3) is 0 Å². The Bertz CT molecular complexity index is 473. The molecule has 0 saturated carbocycles. The molecule has 2 rings (SSSR count). The van der Waals surface area contributed by atoms with Crippen LogP contribution in [0.2, 0.25) is 0 Å². The first-order valence-electron chi connectivity index (χ1n) is 6.77. The highest BCUT2D eigenvalue weighted by Crippen LogP contribution is 2.08. The molecule has 1 fully saturated rings. The molecule has 1 aliphatic heterocycles. The zero-order valence-corrected chi connectivity index (χ0v) is 11.1. The van der Waals surface area contributed by atoms with Gasteiger partial charge in [0.15, 0.2) is 0 Å². The highest BCUT2D eigenvalue weighted by atomic mass is 16.2. The van der Waals surface area contributed by atoms with E-state index in [1.54, 1.807) is 6.07 Å².